The van der Waals surface area contributed by atoms with Crippen LogP contribution in [0.2, 0.25) is 0 Å². The highest BCUT2D eigenvalue weighted by Crippen LogP contribution is 2.22. The number of nitrogens with zero attached hydrogens (tertiary/aromatic N) is 2. The van der Waals surface area contributed by atoms with E-state index < -0.39 is 10.9 Å². The van der Waals surface area contributed by atoms with Gasteiger partial charge in [0.2, 0.25) is 5.91 Å². The largest absolute Gasteiger partial charge is 0.376 e. The molecule has 2 aromatic carbocycles. The van der Waals surface area contributed by atoms with E-state index in [1.807, 2.05) is 4.90 Å². The van der Waals surface area contributed by atoms with Gasteiger partial charge in [0.15, 0.2) is 0 Å². The summed E-state index contributed by atoms with van der Waals surface area (Å²) in [5.74, 6) is -0.344. The van der Waals surface area contributed by atoms with Crippen LogP contribution in [0.15, 0.2) is 33.9 Å². The minimum absolute atomic E-state index is 0.00379. The summed E-state index contributed by atoms with van der Waals surface area (Å²) in [4.78, 5) is 38.7. The molecule has 24 heavy (non-hydrogen) atoms. The zero-order chi connectivity index (χ0) is 17.3. The molecule has 1 heterocycles. The average Bonchev–Trinajstić information content (AvgIpc) is 2.58. The Labute approximate surface area is 138 Å². The Morgan fingerprint density at radius 2 is 1.88 bits per heavy atom. The summed E-state index contributed by atoms with van der Waals surface area (Å²) in [5.41, 5.74) is 0.291. The predicted molar refractivity (Wildman–Crippen MR) is 89.5 cm³/mol. The Morgan fingerprint density at radius 3 is 2.50 bits per heavy atom. The van der Waals surface area contributed by atoms with Gasteiger partial charge in [-0.2, -0.15) is 0 Å². The maximum atomic E-state index is 13.2. The first-order chi connectivity index (χ1) is 11.5. The van der Waals surface area contributed by atoms with Crippen LogP contribution in [0.5, 0.6) is 0 Å². The van der Waals surface area contributed by atoms with Crippen molar-refractivity contribution in [2.75, 3.05) is 36.4 Å². The van der Waals surface area contributed by atoms with Crippen LogP contribution >= 0.6 is 0 Å². The maximum Gasteiger partial charge on any atom is 0.253 e. The number of nitrogens with one attached hydrogen (secondary N) is 1. The third-order valence-electron chi connectivity index (χ3n) is 4.28. The molecule has 0 atom stereocenters. The molecule has 1 fully saturated rings. The van der Waals surface area contributed by atoms with Crippen LogP contribution < -0.4 is 21.1 Å². The van der Waals surface area contributed by atoms with E-state index in [1.54, 1.807) is 17.0 Å². The molecular weight excluding hydrogens is 313 g/mol. The zero-order valence-electron chi connectivity index (χ0n) is 13.3. The number of halogens is 1. The summed E-state index contributed by atoms with van der Waals surface area (Å²) < 4.78 is 13.2. The fraction of sp³-hybridized carbons (Fsp3) is 0.353. The lowest BCUT2D eigenvalue weighted by Gasteiger charge is -2.36. The standard InChI is InChI=1S/C17H18FN3O3/c1-11(22)20-5-7-21(8-6-20)15-14(16(23)17(15)24)19-10-12-3-2-4-13(18)9-12/h2-4,9,19H,5-8,10H2,1H3. The zero-order valence-corrected chi connectivity index (χ0v) is 13.3. The number of benzene rings is 1. The van der Waals surface area contributed by atoms with Crippen LogP contribution in [0.25, 0.3) is 0 Å². The second kappa shape index (κ2) is 6.43. The summed E-state index contributed by atoms with van der Waals surface area (Å²) in [6.45, 7) is 3.86. The first-order valence-corrected chi connectivity index (χ1v) is 7.79. The molecule has 0 aliphatic carbocycles. The van der Waals surface area contributed by atoms with Crippen LogP contribution in [0, 0.1) is 5.82 Å². The molecule has 0 aromatic heterocycles. The van der Waals surface area contributed by atoms with Gasteiger partial charge in [0.05, 0.1) is 0 Å². The van der Waals surface area contributed by atoms with E-state index in [4.69, 9.17) is 0 Å². The van der Waals surface area contributed by atoms with E-state index in [0.29, 0.717) is 37.4 Å². The Hall–Kier alpha value is -2.70. The van der Waals surface area contributed by atoms with Gasteiger partial charge in [-0.1, -0.05) is 12.1 Å². The van der Waals surface area contributed by atoms with Gasteiger partial charge in [0.25, 0.3) is 10.9 Å². The molecule has 126 valence electrons. The van der Waals surface area contributed by atoms with Gasteiger partial charge in [0.1, 0.15) is 17.2 Å². The van der Waals surface area contributed by atoms with E-state index in [1.165, 1.54) is 19.1 Å². The molecule has 1 aliphatic rings. The van der Waals surface area contributed by atoms with Crippen molar-refractivity contribution < 1.29 is 9.18 Å². The number of rotatable bonds is 4. The molecule has 6 nitrogen and oxygen atoms in total. The molecule has 7 heteroatoms. The topological polar surface area (TPSA) is 69.7 Å². The van der Waals surface area contributed by atoms with Crippen LogP contribution in [0.4, 0.5) is 15.8 Å². The Bertz CT molecular complexity index is 834. The molecule has 0 saturated carbocycles. The van der Waals surface area contributed by atoms with Crippen molar-refractivity contribution in [3.63, 3.8) is 0 Å². The smallest absolute Gasteiger partial charge is 0.253 e. The molecular formula is C17H18FN3O3. The summed E-state index contributed by atoms with van der Waals surface area (Å²) in [7, 11) is 0. The number of anilines is 2. The summed E-state index contributed by atoms with van der Waals surface area (Å²) in [6.07, 6.45) is 0. The molecule has 0 radical (unpaired) electrons. The minimum atomic E-state index is -0.546. The maximum absolute atomic E-state index is 13.2. The normalized spacial score (nSPS) is 14.9. The fourth-order valence-electron chi connectivity index (χ4n) is 2.93. The van der Waals surface area contributed by atoms with Gasteiger partial charge in [0, 0.05) is 39.6 Å². The molecule has 3 rings (SSSR count). The molecule has 1 N–H and O–H groups in total. The van der Waals surface area contributed by atoms with E-state index in [2.05, 4.69) is 5.32 Å². The second-order valence-corrected chi connectivity index (χ2v) is 5.86. The van der Waals surface area contributed by atoms with Crippen LogP contribution in [-0.4, -0.2) is 37.0 Å². The lowest BCUT2D eigenvalue weighted by molar-refractivity contribution is -0.129. The lowest BCUT2D eigenvalue weighted by Crippen LogP contribution is -2.52. The van der Waals surface area contributed by atoms with Gasteiger partial charge in [-0.3, -0.25) is 14.4 Å². The highest BCUT2D eigenvalue weighted by atomic mass is 19.1. The number of hydrogen-bond acceptors (Lipinski definition) is 5. The SMILES string of the molecule is CC(=O)N1CCN(c2c(NCc3cccc(F)c3)c(=O)c2=O)CC1. The minimum Gasteiger partial charge on any atom is -0.376 e. The third-order valence-corrected chi connectivity index (χ3v) is 4.28. The van der Waals surface area contributed by atoms with Crippen LogP contribution in [0.1, 0.15) is 12.5 Å². The Morgan fingerprint density at radius 1 is 1.17 bits per heavy atom. The van der Waals surface area contributed by atoms with Crippen molar-refractivity contribution in [1.29, 1.82) is 0 Å². The highest BCUT2D eigenvalue weighted by molar-refractivity contribution is 5.77. The first kappa shape index (κ1) is 16.2. The van der Waals surface area contributed by atoms with Crippen molar-refractivity contribution in [2.45, 2.75) is 13.5 Å². The lowest BCUT2D eigenvalue weighted by atomic mass is 10.1. The van der Waals surface area contributed by atoms with E-state index in [9.17, 15) is 18.8 Å². The third kappa shape index (κ3) is 3.02. The molecule has 1 amide bonds. The number of amides is 1. The number of hydrogen-bond donors (Lipinski definition) is 1. The monoisotopic (exact) mass is 331 g/mol. The van der Waals surface area contributed by atoms with Crippen LogP contribution in [-0.2, 0) is 11.3 Å². The molecule has 0 bridgehead atoms. The predicted octanol–water partition coefficient (Wildman–Crippen LogP) is 0.702. The molecule has 0 spiro atoms. The molecule has 0 unspecified atom stereocenters. The fourth-order valence-corrected chi connectivity index (χ4v) is 2.93. The van der Waals surface area contributed by atoms with Gasteiger partial charge in [-0.15, -0.1) is 0 Å². The van der Waals surface area contributed by atoms with Gasteiger partial charge < -0.3 is 15.1 Å². The van der Waals surface area contributed by atoms with Crippen molar-refractivity contribution in [2.24, 2.45) is 0 Å². The average molecular weight is 331 g/mol. The first-order valence-electron chi connectivity index (χ1n) is 7.79. The number of piperazine rings is 1. The van der Waals surface area contributed by atoms with Gasteiger partial charge >= 0.3 is 0 Å². The summed E-state index contributed by atoms with van der Waals surface area (Å²) in [6, 6.07) is 6.06. The van der Waals surface area contributed by atoms with Crippen molar-refractivity contribution in [3.8, 4) is 0 Å². The van der Waals surface area contributed by atoms with Crippen molar-refractivity contribution in [1.82, 2.24) is 4.90 Å². The molecule has 2 aromatic rings. The quantitative estimate of drug-likeness (QED) is 0.836. The highest BCUT2D eigenvalue weighted by Gasteiger charge is 2.28. The van der Waals surface area contributed by atoms with E-state index in [-0.39, 0.29) is 24.0 Å². The Balaban J connectivity index is 1.70. The van der Waals surface area contributed by atoms with Crippen molar-refractivity contribution in [3.05, 3.63) is 56.1 Å². The molecule has 1 aliphatic heterocycles. The van der Waals surface area contributed by atoms with E-state index in [0.717, 1.165) is 0 Å². The Kier molecular flexibility index (Phi) is 4.33. The number of carbonyl (C=O) groups excluding carboxylic acids is 1. The van der Waals surface area contributed by atoms with E-state index >= 15 is 0 Å². The summed E-state index contributed by atoms with van der Waals surface area (Å²) >= 11 is 0. The molecule has 1 saturated heterocycles. The number of carbonyl (C=O) groups is 1. The summed E-state index contributed by atoms with van der Waals surface area (Å²) in [5, 5.41) is 2.94. The second-order valence-electron chi connectivity index (χ2n) is 5.86. The van der Waals surface area contributed by atoms with Crippen molar-refractivity contribution >= 4 is 17.3 Å². The van der Waals surface area contributed by atoms with Gasteiger partial charge in [-0.05, 0) is 17.7 Å². The van der Waals surface area contributed by atoms with Crippen LogP contribution in [0.3, 0.4) is 0 Å². The van der Waals surface area contributed by atoms with Gasteiger partial charge in [-0.25, -0.2) is 4.39 Å².